The zero-order chi connectivity index (χ0) is 26.7. The van der Waals surface area contributed by atoms with Crippen LogP contribution in [0, 0.1) is 6.92 Å². The molecule has 5 rings (SSSR count). The first kappa shape index (κ1) is 27.1. The van der Waals surface area contributed by atoms with E-state index in [1.165, 1.54) is 0 Å². The van der Waals surface area contributed by atoms with Gasteiger partial charge in [-0.3, -0.25) is 0 Å². The molecule has 1 aliphatic heterocycles. The van der Waals surface area contributed by atoms with Crippen LogP contribution in [0.25, 0.3) is 0 Å². The van der Waals surface area contributed by atoms with Gasteiger partial charge in [-0.15, -0.1) is 0 Å². The van der Waals surface area contributed by atoms with Crippen molar-refractivity contribution in [3.63, 3.8) is 0 Å². The second-order valence-corrected chi connectivity index (χ2v) is 9.82. The first-order valence-corrected chi connectivity index (χ1v) is 13.5. The van der Waals surface area contributed by atoms with Gasteiger partial charge < -0.3 is 23.7 Å². The molecule has 2 unspecified atom stereocenters. The number of benzene rings is 4. The van der Waals surface area contributed by atoms with Crippen LogP contribution in [0.3, 0.4) is 0 Å². The maximum Gasteiger partial charge on any atom is 0.202 e. The van der Waals surface area contributed by atoms with E-state index in [0.717, 1.165) is 28.0 Å². The van der Waals surface area contributed by atoms with E-state index >= 15 is 0 Å². The minimum Gasteiger partial charge on any atom is -0.465 e. The van der Waals surface area contributed by atoms with Crippen LogP contribution < -0.4 is 4.74 Å². The van der Waals surface area contributed by atoms with Crippen molar-refractivity contribution in [1.82, 2.24) is 0 Å². The Kier molecular flexibility index (Phi) is 9.77. The lowest BCUT2D eigenvalue weighted by molar-refractivity contribution is -0.257. The lowest BCUT2D eigenvalue weighted by Crippen LogP contribution is -2.53. The summed E-state index contributed by atoms with van der Waals surface area (Å²) in [5, 5.41) is 0. The normalized spacial score (nSPS) is 20.9. The van der Waals surface area contributed by atoms with Gasteiger partial charge in [-0.25, -0.2) is 0 Å². The molecule has 0 N–H and O–H groups in total. The van der Waals surface area contributed by atoms with Gasteiger partial charge in [0.25, 0.3) is 0 Å². The average Bonchev–Trinajstić information content (AvgIpc) is 2.98. The fourth-order valence-electron chi connectivity index (χ4n) is 4.72. The Hall–Kier alpha value is -3.48. The van der Waals surface area contributed by atoms with Crippen molar-refractivity contribution < 1.29 is 23.7 Å². The molecule has 4 aromatic carbocycles. The smallest absolute Gasteiger partial charge is 0.202 e. The molecular weight excluding hydrogens is 488 g/mol. The van der Waals surface area contributed by atoms with E-state index in [-0.39, 0.29) is 18.3 Å². The van der Waals surface area contributed by atoms with Crippen molar-refractivity contribution in [2.45, 2.75) is 57.8 Å². The van der Waals surface area contributed by atoms with Crippen molar-refractivity contribution in [3.05, 3.63) is 138 Å². The molecular formula is C34H36O5. The Morgan fingerprint density at radius 3 is 1.79 bits per heavy atom. The molecule has 0 saturated carbocycles. The van der Waals surface area contributed by atoms with Crippen LogP contribution in [-0.4, -0.2) is 31.2 Å². The van der Waals surface area contributed by atoms with Crippen LogP contribution >= 0.6 is 0 Å². The van der Waals surface area contributed by atoms with E-state index in [4.69, 9.17) is 23.7 Å². The zero-order valence-corrected chi connectivity index (χ0v) is 22.4. The summed E-state index contributed by atoms with van der Waals surface area (Å²) in [4.78, 5) is 0. The molecule has 5 nitrogen and oxygen atoms in total. The largest absolute Gasteiger partial charge is 0.465 e. The van der Waals surface area contributed by atoms with E-state index in [1.807, 2.05) is 85.8 Å². The minimum absolute atomic E-state index is 0.248. The molecule has 39 heavy (non-hydrogen) atoms. The van der Waals surface area contributed by atoms with Gasteiger partial charge in [0.1, 0.15) is 18.0 Å². The van der Waals surface area contributed by atoms with Gasteiger partial charge in [0.2, 0.25) is 6.29 Å². The van der Waals surface area contributed by atoms with Crippen LogP contribution in [0.5, 0.6) is 5.75 Å². The Labute approximate surface area is 231 Å². The maximum absolute atomic E-state index is 6.52. The van der Waals surface area contributed by atoms with Gasteiger partial charge in [-0.1, -0.05) is 109 Å². The molecule has 1 saturated heterocycles. The Bertz CT molecular complexity index is 1250. The van der Waals surface area contributed by atoms with Gasteiger partial charge in [0.15, 0.2) is 0 Å². The Balaban J connectivity index is 1.34. The summed E-state index contributed by atoms with van der Waals surface area (Å²) >= 11 is 0. The molecule has 0 bridgehead atoms. The third-order valence-electron chi connectivity index (χ3n) is 6.82. The van der Waals surface area contributed by atoms with Crippen molar-refractivity contribution in [2.75, 3.05) is 6.61 Å². The SMILES string of the molecule is Cc1ccccc1O[C@H]1CC(OCc2ccccc2)[C@H](OCc2ccccc2)C(COCc2ccccc2)O1. The Morgan fingerprint density at radius 1 is 0.641 bits per heavy atom. The molecule has 4 aromatic rings. The molecule has 5 heteroatoms. The molecule has 1 aliphatic rings. The summed E-state index contributed by atoms with van der Waals surface area (Å²) in [6, 6.07) is 38.5. The number of hydrogen-bond acceptors (Lipinski definition) is 5. The molecule has 0 amide bonds. The van der Waals surface area contributed by atoms with E-state index < -0.39 is 6.29 Å². The summed E-state index contributed by atoms with van der Waals surface area (Å²) in [5.74, 6) is 0.803. The number of hydrogen-bond donors (Lipinski definition) is 0. The topological polar surface area (TPSA) is 46.2 Å². The first-order chi connectivity index (χ1) is 19.2. The standard InChI is InChI=1S/C34H36O5/c1-26-13-11-12-20-30(26)38-33-21-31(36-23-28-16-7-3-8-17-28)34(37-24-29-18-9-4-10-19-29)32(39-33)25-35-22-27-14-5-2-6-15-27/h2-20,31-34H,21-25H2,1H3/t31?,32?,33-,34+/m1/s1. The molecule has 0 radical (unpaired) electrons. The number of rotatable bonds is 12. The third-order valence-corrected chi connectivity index (χ3v) is 6.82. The fraction of sp³-hybridized carbons (Fsp3) is 0.294. The second-order valence-electron chi connectivity index (χ2n) is 9.82. The second kappa shape index (κ2) is 14.1. The highest BCUT2D eigenvalue weighted by Gasteiger charge is 2.41. The van der Waals surface area contributed by atoms with Crippen LogP contribution in [0.4, 0.5) is 0 Å². The van der Waals surface area contributed by atoms with E-state index in [2.05, 4.69) is 36.4 Å². The molecule has 0 aromatic heterocycles. The number of para-hydroxylation sites is 1. The predicted octanol–water partition coefficient (Wildman–Crippen LogP) is 6.88. The van der Waals surface area contributed by atoms with Crippen LogP contribution in [-0.2, 0) is 38.8 Å². The van der Waals surface area contributed by atoms with Gasteiger partial charge in [-0.05, 0) is 35.2 Å². The third kappa shape index (κ3) is 8.01. The Morgan fingerprint density at radius 2 is 1.18 bits per heavy atom. The predicted molar refractivity (Wildman–Crippen MR) is 151 cm³/mol. The highest BCUT2D eigenvalue weighted by atomic mass is 16.7. The maximum atomic E-state index is 6.52. The van der Waals surface area contributed by atoms with Crippen molar-refractivity contribution in [1.29, 1.82) is 0 Å². The number of aryl methyl sites for hydroxylation is 1. The van der Waals surface area contributed by atoms with Crippen molar-refractivity contribution in [2.24, 2.45) is 0 Å². The van der Waals surface area contributed by atoms with Gasteiger partial charge >= 0.3 is 0 Å². The summed E-state index contributed by atoms with van der Waals surface area (Å²) < 4.78 is 32.1. The van der Waals surface area contributed by atoms with E-state index in [9.17, 15) is 0 Å². The van der Waals surface area contributed by atoms with Crippen LogP contribution in [0.2, 0.25) is 0 Å². The van der Waals surface area contributed by atoms with E-state index in [1.54, 1.807) is 0 Å². The van der Waals surface area contributed by atoms with Crippen LogP contribution in [0.1, 0.15) is 28.7 Å². The summed E-state index contributed by atoms with van der Waals surface area (Å²) in [7, 11) is 0. The zero-order valence-electron chi connectivity index (χ0n) is 22.4. The summed E-state index contributed by atoms with van der Waals surface area (Å²) in [6.45, 7) is 3.82. The van der Waals surface area contributed by atoms with Gasteiger partial charge in [-0.2, -0.15) is 0 Å². The lowest BCUT2D eigenvalue weighted by Gasteiger charge is -2.41. The lowest BCUT2D eigenvalue weighted by atomic mass is 10.0. The molecule has 0 spiro atoms. The molecule has 4 atom stereocenters. The van der Waals surface area contributed by atoms with Crippen LogP contribution in [0.15, 0.2) is 115 Å². The highest BCUT2D eigenvalue weighted by Crippen LogP contribution is 2.30. The van der Waals surface area contributed by atoms with Gasteiger partial charge in [0.05, 0.1) is 32.5 Å². The minimum atomic E-state index is -0.492. The van der Waals surface area contributed by atoms with E-state index in [0.29, 0.717) is 32.8 Å². The first-order valence-electron chi connectivity index (χ1n) is 13.5. The summed E-state index contributed by atoms with van der Waals surface area (Å²) in [5.41, 5.74) is 4.38. The van der Waals surface area contributed by atoms with Crippen molar-refractivity contribution >= 4 is 0 Å². The fourth-order valence-corrected chi connectivity index (χ4v) is 4.72. The van der Waals surface area contributed by atoms with Gasteiger partial charge in [0, 0.05) is 6.42 Å². The summed E-state index contributed by atoms with van der Waals surface area (Å²) in [6.07, 6.45) is -0.909. The molecule has 1 fully saturated rings. The monoisotopic (exact) mass is 524 g/mol. The number of ether oxygens (including phenoxy) is 5. The average molecular weight is 525 g/mol. The highest BCUT2D eigenvalue weighted by molar-refractivity contribution is 5.31. The van der Waals surface area contributed by atoms with Crippen molar-refractivity contribution in [3.8, 4) is 5.75 Å². The molecule has 0 aliphatic carbocycles. The molecule has 202 valence electrons. The quantitative estimate of drug-likeness (QED) is 0.202. The molecule has 1 heterocycles.